The van der Waals surface area contributed by atoms with E-state index in [1.54, 1.807) is 6.07 Å². The Labute approximate surface area is 120 Å². The average molecular weight is 293 g/mol. The molecule has 3 rings (SSSR count). The average Bonchev–Trinajstić information content (AvgIpc) is 3.24. The fourth-order valence-electron chi connectivity index (χ4n) is 2.01. The van der Waals surface area contributed by atoms with Crippen molar-refractivity contribution in [3.05, 3.63) is 59.4 Å². The van der Waals surface area contributed by atoms with Gasteiger partial charge in [-0.2, -0.15) is 0 Å². The first-order valence-electron chi connectivity index (χ1n) is 6.76. The van der Waals surface area contributed by atoms with Crippen molar-refractivity contribution >= 4 is 0 Å². The molecule has 1 aliphatic carbocycles. The number of halogens is 3. The molecule has 1 N–H and O–H groups in total. The monoisotopic (exact) mass is 293 g/mol. The summed E-state index contributed by atoms with van der Waals surface area (Å²) >= 11 is 0. The zero-order chi connectivity index (χ0) is 14.8. The largest absolute Gasteiger partial charge is 0.454 e. The van der Waals surface area contributed by atoms with Crippen LogP contribution in [0, 0.1) is 17.5 Å². The second kappa shape index (κ2) is 5.77. The molecule has 2 nitrogen and oxygen atoms in total. The highest BCUT2D eigenvalue weighted by atomic mass is 19.1. The molecule has 1 fully saturated rings. The first kappa shape index (κ1) is 13.9. The molecule has 110 valence electrons. The molecular formula is C16H14F3NO. The number of ether oxygens (including phenoxy) is 1. The molecule has 0 bridgehead atoms. The fourth-order valence-corrected chi connectivity index (χ4v) is 2.01. The lowest BCUT2D eigenvalue weighted by Gasteiger charge is -2.10. The van der Waals surface area contributed by atoms with Crippen molar-refractivity contribution in [3.8, 4) is 11.5 Å². The lowest BCUT2D eigenvalue weighted by atomic mass is 10.2. The molecular weight excluding hydrogens is 279 g/mol. The molecule has 0 radical (unpaired) electrons. The van der Waals surface area contributed by atoms with E-state index in [2.05, 4.69) is 5.32 Å². The molecule has 0 amide bonds. The van der Waals surface area contributed by atoms with Crippen LogP contribution < -0.4 is 10.1 Å². The highest BCUT2D eigenvalue weighted by Gasteiger charge is 2.20. The second-order valence-corrected chi connectivity index (χ2v) is 5.13. The first-order chi connectivity index (χ1) is 10.1. The predicted octanol–water partition coefficient (Wildman–Crippen LogP) is 4.15. The van der Waals surface area contributed by atoms with E-state index in [9.17, 15) is 13.2 Å². The van der Waals surface area contributed by atoms with E-state index >= 15 is 0 Å². The van der Waals surface area contributed by atoms with E-state index in [4.69, 9.17) is 4.74 Å². The van der Waals surface area contributed by atoms with Crippen molar-refractivity contribution in [1.29, 1.82) is 0 Å². The summed E-state index contributed by atoms with van der Waals surface area (Å²) in [4.78, 5) is 0. The van der Waals surface area contributed by atoms with E-state index in [-0.39, 0.29) is 11.5 Å². The van der Waals surface area contributed by atoms with E-state index in [0.29, 0.717) is 18.2 Å². The van der Waals surface area contributed by atoms with Gasteiger partial charge in [0.05, 0.1) is 0 Å². The molecule has 0 spiro atoms. The number of hydrogen-bond acceptors (Lipinski definition) is 2. The maximum absolute atomic E-state index is 13.6. The van der Waals surface area contributed by atoms with E-state index < -0.39 is 17.5 Å². The van der Waals surface area contributed by atoms with E-state index in [0.717, 1.165) is 37.1 Å². The van der Waals surface area contributed by atoms with Crippen molar-refractivity contribution in [2.45, 2.75) is 25.4 Å². The van der Waals surface area contributed by atoms with Gasteiger partial charge in [0, 0.05) is 24.7 Å². The molecule has 2 aromatic carbocycles. The molecule has 2 aromatic rings. The van der Waals surface area contributed by atoms with Gasteiger partial charge in [-0.3, -0.25) is 0 Å². The van der Waals surface area contributed by atoms with Crippen LogP contribution in [0.4, 0.5) is 13.2 Å². The van der Waals surface area contributed by atoms with Crippen molar-refractivity contribution < 1.29 is 17.9 Å². The zero-order valence-corrected chi connectivity index (χ0v) is 11.2. The summed E-state index contributed by atoms with van der Waals surface area (Å²) in [6, 6.07) is 7.55. The lowest BCUT2D eigenvalue weighted by molar-refractivity contribution is 0.432. The van der Waals surface area contributed by atoms with E-state index in [1.165, 1.54) is 6.07 Å². The smallest absolute Gasteiger partial charge is 0.165 e. The molecule has 1 aliphatic rings. The van der Waals surface area contributed by atoms with Gasteiger partial charge in [-0.25, -0.2) is 13.2 Å². The minimum absolute atomic E-state index is 0.145. The van der Waals surface area contributed by atoms with Gasteiger partial charge in [-0.15, -0.1) is 0 Å². The Balaban J connectivity index is 1.78. The lowest BCUT2D eigenvalue weighted by Crippen LogP contribution is -2.15. The third-order valence-electron chi connectivity index (χ3n) is 3.22. The van der Waals surface area contributed by atoms with Gasteiger partial charge in [-0.1, -0.05) is 0 Å². The van der Waals surface area contributed by atoms with Crippen LogP contribution in [0.3, 0.4) is 0 Å². The number of nitrogens with one attached hydrogen (secondary N) is 1. The molecule has 0 aliphatic heterocycles. The van der Waals surface area contributed by atoms with Crippen LogP contribution in [0.15, 0.2) is 36.4 Å². The van der Waals surface area contributed by atoms with Gasteiger partial charge in [0.15, 0.2) is 11.6 Å². The van der Waals surface area contributed by atoms with Gasteiger partial charge in [0.25, 0.3) is 0 Å². The van der Waals surface area contributed by atoms with Gasteiger partial charge in [0.2, 0.25) is 0 Å². The summed E-state index contributed by atoms with van der Waals surface area (Å²) in [5, 5.41) is 3.26. The van der Waals surface area contributed by atoms with Gasteiger partial charge in [-0.05, 0) is 42.7 Å². The summed E-state index contributed by atoms with van der Waals surface area (Å²) < 4.78 is 45.4. The second-order valence-electron chi connectivity index (χ2n) is 5.13. The SMILES string of the molecule is Fc1cc(CNC2CC2)cc(Oc2cc(F)ccc2F)c1. The normalized spacial score (nSPS) is 14.2. The molecule has 0 heterocycles. The third kappa shape index (κ3) is 3.76. The maximum atomic E-state index is 13.6. The third-order valence-corrected chi connectivity index (χ3v) is 3.22. The highest BCUT2D eigenvalue weighted by molar-refractivity contribution is 5.35. The van der Waals surface area contributed by atoms with E-state index in [1.807, 2.05) is 0 Å². The van der Waals surface area contributed by atoms with Crippen molar-refractivity contribution in [2.75, 3.05) is 0 Å². The van der Waals surface area contributed by atoms with Gasteiger partial charge >= 0.3 is 0 Å². The summed E-state index contributed by atoms with van der Waals surface area (Å²) in [5.74, 6) is -1.90. The Kier molecular flexibility index (Phi) is 3.84. The Morgan fingerprint density at radius 1 is 1.00 bits per heavy atom. The van der Waals surface area contributed by atoms with Crippen LogP contribution >= 0.6 is 0 Å². The Bertz CT molecular complexity index is 656. The zero-order valence-electron chi connectivity index (χ0n) is 11.2. The Hall–Kier alpha value is -2.01. The number of hydrogen-bond donors (Lipinski definition) is 1. The molecule has 21 heavy (non-hydrogen) atoms. The highest BCUT2D eigenvalue weighted by Crippen LogP contribution is 2.27. The Morgan fingerprint density at radius 2 is 1.81 bits per heavy atom. The molecule has 1 saturated carbocycles. The van der Waals surface area contributed by atoms with Crippen LogP contribution in [0.5, 0.6) is 11.5 Å². The molecule has 0 unspecified atom stereocenters. The quantitative estimate of drug-likeness (QED) is 0.894. The molecule has 5 heteroatoms. The summed E-state index contributed by atoms with van der Waals surface area (Å²) in [6.45, 7) is 0.518. The topological polar surface area (TPSA) is 21.3 Å². The summed E-state index contributed by atoms with van der Waals surface area (Å²) in [5.41, 5.74) is 0.703. The minimum atomic E-state index is -0.696. The van der Waals surface area contributed by atoms with Gasteiger partial charge < -0.3 is 10.1 Å². The van der Waals surface area contributed by atoms with Crippen LogP contribution in [0.25, 0.3) is 0 Å². The van der Waals surface area contributed by atoms with Crippen LogP contribution in [-0.2, 0) is 6.54 Å². The van der Waals surface area contributed by atoms with Crippen molar-refractivity contribution in [2.24, 2.45) is 0 Å². The van der Waals surface area contributed by atoms with Crippen LogP contribution in [0.2, 0.25) is 0 Å². The molecule has 0 aromatic heterocycles. The summed E-state index contributed by atoms with van der Waals surface area (Å²) in [6.07, 6.45) is 2.26. The Morgan fingerprint density at radius 3 is 2.57 bits per heavy atom. The standard InChI is InChI=1S/C16H14F3NO/c17-11-1-4-15(19)16(8-11)21-14-6-10(5-12(18)7-14)9-20-13-2-3-13/h1,4-8,13,20H,2-3,9H2. The van der Waals surface area contributed by atoms with Crippen molar-refractivity contribution in [3.63, 3.8) is 0 Å². The first-order valence-corrected chi connectivity index (χ1v) is 6.76. The van der Waals surface area contributed by atoms with Crippen LogP contribution in [0.1, 0.15) is 18.4 Å². The summed E-state index contributed by atoms with van der Waals surface area (Å²) in [7, 11) is 0. The van der Waals surface area contributed by atoms with Gasteiger partial charge in [0.1, 0.15) is 17.4 Å². The maximum Gasteiger partial charge on any atom is 0.165 e. The number of rotatable bonds is 5. The predicted molar refractivity (Wildman–Crippen MR) is 72.7 cm³/mol. The fraction of sp³-hybridized carbons (Fsp3) is 0.250. The molecule has 0 atom stereocenters. The number of benzene rings is 2. The van der Waals surface area contributed by atoms with Crippen molar-refractivity contribution in [1.82, 2.24) is 5.32 Å². The molecule has 0 saturated heterocycles. The minimum Gasteiger partial charge on any atom is -0.454 e. The van der Waals surface area contributed by atoms with Crippen LogP contribution in [-0.4, -0.2) is 6.04 Å².